The summed E-state index contributed by atoms with van der Waals surface area (Å²) in [7, 11) is 0. The Kier molecular flexibility index (Phi) is 4.11. The predicted octanol–water partition coefficient (Wildman–Crippen LogP) is 1.52. The lowest BCUT2D eigenvalue weighted by molar-refractivity contribution is 0.0655. The van der Waals surface area contributed by atoms with Crippen LogP contribution in [-0.4, -0.2) is 51.2 Å². The maximum Gasteiger partial charge on any atom is 0.255 e. The predicted molar refractivity (Wildman–Crippen MR) is 85.7 cm³/mol. The van der Waals surface area contributed by atoms with E-state index in [2.05, 4.69) is 36.2 Å². The minimum absolute atomic E-state index is 0.0556. The molecule has 0 saturated carbocycles. The molecule has 0 radical (unpaired) electrons. The molecule has 118 valence electrons. The van der Waals surface area contributed by atoms with Crippen molar-refractivity contribution >= 4 is 16.9 Å². The van der Waals surface area contributed by atoms with Crippen molar-refractivity contribution in [1.82, 2.24) is 25.0 Å². The molecule has 22 heavy (non-hydrogen) atoms. The Labute approximate surface area is 130 Å². The molecule has 1 N–H and O–H groups in total. The molecule has 3 rings (SSSR count). The Morgan fingerprint density at radius 3 is 3.00 bits per heavy atom. The van der Waals surface area contributed by atoms with Gasteiger partial charge < -0.3 is 10.2 Å². The van der Waals surface area contributed by atoms with Gasteiger partial charge in [0.2, 0.25) is 0 Å². The summed E-state index contributed by atoms with van der Waals surface area (Å²) < 4.78 is 1.90. The Balaban J connectivity index is 1.87. The molecule has 1 aliphatic heterocycles. The number of carbonyl (C=O) groups excluding carboxylic acids is 1. The SMILES string of the molecule is CC(C)Cn1ncc2cc(C(=O)N3CCNC[C@@H]3C)cnc21. The number of hydrogen-bond donors (Lipinski definition) is 1. The van der Waals surface area contributed by atoms with Crippen molar-refractivity contribution in [3.05, 3.63) is 24.0 Å². The molecule has 1 saturated heterocycles. The van der Waals surface area contributed by atoms with Gasteiger partial charge in [-0.05, 0) is 18.9 Å². The molecule has 0 spiro atoms. The zero-order valence-corrected chi connectivity index (χ0v) is 13.4. The molecule has 2 aromatic rings. The van der Waals surface area contributed by atoms with Crippen LogP contribution in [0, 0.1) is 5.92 Å². The van der Waals surface area contributed by atoms with Crippen molar-refractivity contribution in [3.63, 3.8) is 0 Å². The lowest BCUT2D eigenvalue weighted by Crippen LogP contribution is -2.52. The standard InChI is InChI=1S/C16H23N5O/c1-11(2)10-21-15-13(9-19-21)6-14(8-18-15)16(22)20-5-4-17-7-12(20)3/h6,8-9,11-12,17H,4-5,7,10H2,1-3H3/t12-/m0/s1. The van der Waals surface area contributed by atoms with E-state index in [0.717, 1.165) is 37.2 Å². The summed E-state index contributed by atoms with van der Waals surface area (Å²) >= 11 is 0. The number of nitrogens with one attached hydrogen (secondary N) is 1. The monoisotopic (exact) mass is 301 g/mol. The molecule has 1 amide bonds. The van der Waals surface area contributed by atoms with Crippen LogP contribution in [0.15, 0.2) is 18.5 Å². The van der Waals surface area contributed by atoms with Crippen molar-refractivity contribution < 1.29 is 4.79 Å². The summed E-state index contributed by atoms with van der Waals surface area (Å²) in [5.41, 5.74) is 1.49. The van der Waals surface area contributed by atoms with Crippen LogP contribution in [0.3, 0.4) is 0 Å². The molecule has 6 nitrogen and oxygen atoms in total. The van der Waals surface area contributed by atoms with Gasteiger partial charge in [-0.3, -0.25) is 4.79 Å². The van der Waals surface area contributed by atoms with Crippen LogP contribution in [0.1, 0.15) is 31.1 Å². The second-order valence-corrected chi connectivity index (χ2v) is 6.41. The molecule has 2 aromatic heterocycles. The van der Waals surface area contributed by atoms with E-state index in [1.807, 2.05) is 15.6 Å². The molecule has 1 fully saturated rings. The van der Waals surface area contributed by atoms with Gasteiger partial charge in [0.1, 0.15) is 0 Å². The summed E-state index contributed by atoms with van der Waals surface area (Å²) in [5.74, 6) is 0.563. The van der Waals surface area contributed by atoms with Gasteiger partial charge in [-0.15, -0.1) is 0 Å². The number of aromatic nitrogens is 3. The number of hydrogen-bond acceptors (Lipinski definition) is 4. The number of piperazine rings is 1. The number of pyridine rings is 1. The number of fused-ring (bicyclic) bond motifs is 1. The minimum Gasteiger partial charge on any atom is -0.333 e. The highest BCUT2D eigenvalue weighted by Gasteiger charge is 2.24. The van der Waals surface area contributed by atoms with E-state index in [1.54, 1.807) is 12.4 Å². The summed E-state index contributed by atoms with van der Waals surface area (Å²) in [4.78, 5) is 19.1. The van der Waals surface area contributed by atoms with Crippen molar-refractivity contribution in [3.8, 4) is 0 Å². The normalized spacial score (nSPS) is 19.1. The van der Waals surface area contributed by atoms with Crippen LogP contribution < -0.4 is 5.32 Å². The van der Waals surface area contributed by atoms with E-state index in [9.17, 15) is 4.79 Å². The molecular weight excluding hydrogens is 278 g/mol. The molecule has 0 unspecified atom stereocenters. The average Bonchev–Trinajstić information content (AvgIpc) is 2.89. The Bertz CT molecular complexity index is 678. The number of carbonyl (C=O) groups is 1. The smallest absolute Gasteiger partial charge is 0.255 e. The average molecular weight is 301 g/mol. The first-order valence-corrected chi connectivity index (χ1v) is 7.89. The molecule has 3 heterocycles. The second-order valence-electron chi connectivity index (χ2n) is 6.41. The maximum atomic E-state index is 12.7. The Morgan fingerprint density at radius 1 is 1.45 bits per heavy atom. The van der Waals surface area contributed by atoms with Crippen molar-refractivity contribution in [1.29, 1.82) is 0 Å². The van der Waals surface area contributed by atoms with Crippen LogP contribution >= 0.6 is 0 Å². The third kappa shape index (κ3) is 2.83. The zero-order chi connectivity index (χ0) is 15.7. The molecule has 1 atom stereocenters. The first kappa shape index (κ1) is 15.0. The van der Waals surface area contributed by atoms with Crippen LogP contribution in [0.25, 0.3) is 11.0 Å². The van der Waals surface area contributed by atoms with Gasteiger partial charge in [-0.2, -0.15) is 5.10 Å². The van der Waals surface area contributed by atoms with Crippen molar-refractivity contribution in [2.24, 2.45) is 5.92 Å². The van der Waals surface area contributed by atoms with E-state index in [4.69, 9.17) is 0 Å². The highest BCUT2D eigenvalue weighted by molar-refractivity contribution is 5.97. The van der Waals surface area contributed by atoms with Gasteiger partial charge in [-0.25, -0.2) is 9.67 Å². The van der Waals surface area contributed by atoms with Gasteiger partial charge in [0.15, 0.2) is 5.65 Å². The quantitative estimate of drug-likeness (QED) is 0.933. The summed E-state index contributed by atoms with van der Waals surface area (Å²) in [6, 6.07) is 2.11. The van der Waals surface area contributed by atoms with Gasteiger partial charge >= 0.3 is 0 Å². The van der Waals surface area contributed by atoms with Crippen LogP contribution in [0.2, 0.25) is 0 Å². The molecular formula is C16H23N5O. The van der Waals surface area contributed by atoms with E-state index < -0.39 is 0 Å². The Morgan fingerprint density at radius 2 is 2.27 bits per heavy atom. The first-order chi connectivity index (χ1) is 10.6. The van der Waals surface area contributed by atoms with E-state index in [-0.39, 0.29) is 11.9 Å². The van der Waals surface area contributed by atoms with Gasteiger partial charge in [-0.1, -0.05) is 13.8 Å². The third-order valence-electron chi connectivity index (χ3n) is 4.02. The molecule has 1 aliphatic rings. The van der Waals surface area contributed by atoms with Gasteiger partial charge in [0, 0.05) is 43.8 Å². The lowest BCUT2D eigenvalue weighted by atomic mass is 10.1. The highest BCUT2D eigenvalue weighted by Crippen LogP contribution is 2.17. The third-order valence-corrected chi connectivity index (χ3v) is 4.02. The van der Waals surface area contributed by atoms with Crippen LogP contribution in [0.5, 0.6) is 0 Å². The van der Waals surface area contributed by atoms with E-state index in [1.165, 1.54) is 0 Å². The van der Waals surface area contributed by atoms with Gasteiger partial charge in [0.05, 0.1) is 11.8 Å². The fourth-order valence-electron chi connectivity index (χ4n) is 2.88. The van der Waals surface area contributed by atoms with Crippen molar-refractivity contribution in [2.45, 2.75) is 33.4 Å². The highest BCUT2D eigenvalue weighted by atomic mass is 16.2. The fraction of sp³-hybridized carbons (Fsp3) is 0.562. The molecule has 0 bridgehead atoms. The first-order valence-electron chi connectivity index (χ1n) is 7.89. The lowest BCUT2D eigenvalue weighted by Gasteiger charge is -2.33. The Hall–Kier alpha value is -1.95. The van der Waals surface area contributed by atoms with E-state index in [0.29, 0.717) is 11.5 Å². The summed E-state index contributed by atoms with van der Waals surface area (Å²) in [6.07, 6.45) is 3.47. The summed E-state index contributed by atoms with van der Waals surface area (Å²) in [5, 5.41) is 8.61. The van der Waals surface area contributed by atoms with Crippen molar-refractivity contribution in [2.75, 3.05) is 19.6 Å². The topological polar surface area (TPSA) is 63.1 Å². The minimum atomic E-state index is 0.0556. The largest absolute Gasteiger partial charge is 0.333 e. The van der Waals surface area contributed by atoms with Crippen LogP contribution in [-0.2, 0) is 6.54 Å². The molecule has 0 aliphatic carbocycles. The van der Waals surface area contributed by atoms with Crippen LogP contribution in [0.4, 0.5) is 0 Å². The van der Waals surface area contributed by atoms with Gasteiger partial charge in [0.25, 0.3) is 5.91 Å². The molecule has 6 heteroatoms. The number of amides is 1. The number of nitrogens with zero attached hydrogens (tertiary/aromatic N) is 4. The van der Waals surface area contributed by atoms with E-state index >= 15 is 0 Å². The number of rotatable bonds is 3. The maximum absolute atomic E-state index is 12.7. The second kappa shape index (κ2) is 6.04. The zero-order valence-electron chi connectivity index (χ0n) is 13.4. The summed E-state index contributed by atoms with van der Waals surface area (Å²) in [6.45, 7) is 9.63. The molecule has 0 aromatic carbocycles. The fourth-order valence-corrected chi connectivity index (χ4v) is 2.88.